The maximum Gasteiger partial charge on any atom is 0.439 e. The second-order valence-electron chi connectivity index (χ2n) is 12.9. The molecule has 2 heterocycles. The van der Waals surface area contributed by atoms with Crippen LogP contribution in [0, 0.1) is 5.92 Å². The summed E-state index contributed by atoms with van der Waals surface area (Å²) in [6.07, 6.45) is 6.45. The SMILES string of the molecule is CCCc1nc(CC)n(-c2ccc(OC3CCC(C(C)(O)P)CC3)cc2)c(=O)c1Cc1ccc(-c2ccccc2-c2noc(=O)[nH]2)cc1. The monoisotopic (exact) mass is 666 g/mol. The van der Waals surface area contributed by atoms with Crippen molar-refractivity contribution in [3.8, 4) is 34.0 Å². The van der Waals surface area contributed by atoms with Gasteiger partial charge in [-0.15, -0.1) is 9.24 Å². The number of rotatable bonds is 11. The van der Waals surface area contributed by atoms with Crippen LogP contribution >= 0.6 is 9.24 Å². The maximum atomic E-state index is 14.3. The highest BCUT2D eigenvalue weighted by Gasteiger charge is 2.32. The number of aromatic nitrogens is 4. The highest BCUT2D eigenvalue weighted by molar-refractivity contribution is 7.18. The molecule has 6 rings (SSSR count). The van der Waals surface area contributed by atoms with Crippen molar-refractivity contribution in [3.05, 3.63) is 116 Å². The number of nitrogens with zero attached hydrogens (tertiary/aromatic N) is 3. The molecule has 3 aromatic carbocycles. The molecule has 0 spiro atoms. The van der Waals surface area contributed by atoms with Gasteiger partial charge in [0.15, 0.2) is 5.82 Å². The van der Waals surface area contributed by atoms with E-state index in [1.54, 1.807) is 4.57 Å². The predicted octanol–water partition coefficient (Wildman–Crippen LogP) is 6.87. The van der Waals surface area contributed by atoms with Gasteiger partial charge in [0, 0.05) is 24.0 Å². The van der Waals surface area contributed by atoms with Crippen LogP contribution < -0.4 is 16.1 Å². The van der Waals surface area contributed by atoms with Crippen molar-refractivity contribution in [3.63, 3.8) is 0 Å². The van der Waals surface area contributed by atoms with Gasteiger partial charge in [0.25, 0.3) is 5.56 Å². The molecule has 1 aliphatic carbocycles. The smallest absolute Gasteiger partial charge is 0.439 e. The third-order valence-electron chi connectivity index (χ3n) is 9.30. The number of ether oxygens (including phenoxy) is 1. The Kier molecular flexibility index (Phi) is 10.1. The van der Waals surface area contributed by atoms with Gasteiger partial charge in [-0.1, -0.05) is 74.0 Å². The first-order valence-corrected chi connectivity index (χ1v) is 17.4. The zero-order valence-corrected chi connectivity index (χ0v) is 28.9. The van der Waals surface area contributed by atoms with Crippen molar-refractivity contribution in [1.29, 1.82) is 0 Å². The van der Waals surface area contributed by atoms with Crippen LogP contribution in [-0.4, -0.2) is 36.2 Å². The van der Waals surface area contributed by atoms with Crippen LogP contribution in [0.15, 0.2) is 86.9 Å². The number of benzene rings is 3. The van der Waals surface area contributed by atoms with Crippen molar-refractivity contribution in [1.82, 2.24) is 19.7 Å². The molecule has 2 unspecified atom stereocenters. The lowest BCUT2D eigenvalue weighted by Gasteiger charge is -2.35. The van der Waals surface area contributed by atoms with Gasteiger partial charge in [0.2, 0.25) is 0 Å². The molecule has 0 bridgehead atoms. The van der Waals surface area contributed by atoms with Crippen LogP contribution in [0.3, 0.4) is 0 Å². The van der Waals surface area contributed by atoms with E-state index in [1.165, 1.54) is 0 Å². The van der Waals surface area contributed by atoms with Crippen LogP contribution in [0.1, 0.15) is 75.5 Å². The number of aryl methyl sites for hydroxylation is 2. The summed E-state index contributed by atoms with van der Waals surface area (Å²) >= 11 is 0. The summed E-state index contributed by atoms with van der Waals surface area (Å²) in [5.74, 6) is 1.55. The minimum absolute atomic E-state index is 0.0498. The molecule has 0 amide bonds. The van der Waals surface area contributed by atoms with Gasteiger partial charge in [-0.2, -0.15) is 0 Å². The van der Waals surface area contributed by atoms with Gasteiger partial charge < -0.3 is 9.84 Å². The van der Waals surface area contributed by atoms with Crippen molar-refractivity contribution in [2.75, 3.05) is 0 Å². The van der Waals surface area contributed by atoms with Crippen molar-refractivity contribution >= 4 is 9.24 Å². The molecule has 9 nitrogen and oxygen atoms in total. The second-order valence-corrected chi connectivity index (χ2v) is 14.0. The maximum absolute atomic E-state index is 14.3. The van der Waals surface area contributed by atoms with Crippen LogP contribution in [-0.2, 0) is 19.3 Å². The van der Waals surface area contributed by atoms with Crippen molar-refractivity contribution in [2.45, 2.75) is 83.6 Å². The third-order valence-corrected chi connectivity index (χ3v) is 9.77. The van der Waals surface area contributed by atoms with Gasteiger partial charge in [-0.3, -0.25) is 18.9 Å². The van der Waals surface area contributed by atoms with E-state index in [0.717, 1.165) is 83.7 Å². The minimum atomic E-state index is -0.742. The molecule has 2 aromatic heterocycles. The minimum Gasteiger partial charge on any atom is -0.490 e. The molecule has 2 atom stereocenters. The summed E-state index contributed by atoms with van der Waals surface area (Å²) in [4.78, 5) is 33.5. The first-order valence-electron chi connectivity index (χ1n) is 16.8. The Morgan fingerprint density at radius 1 is 0.979 bits per heavy atom. The summed E-state index contributed by atoms with van der Waals surface area (Å²) < 4.78 is 12.8. The van der Waals surface area contributed by atoms with Gasteiger partial charge in [0.05, 0.1) is 22.8 Å². The Morgan fingerprint density at radius 2 is 1.67 bits per heavy atom. The van der Waals surface area contributed by atoms with Gasteiger partial charge in [-0.05, 0) is 85.9 Å². The summed E-state index contributed by atoms with van der Waals surface area (Å²) in [6, 6.07) is 23.5. The Morgan fingerprint density at radius 3 is 2.27 bits per heavy atom. The van der Waals surface area contributed by atoms with Crippen LogP contribution in [0.5, 0.6) is 5.75 Å². The number of nitrogens with one attached hydrogen (secondary N) is 1. The summed E-state index contributed by atoms with van der Waals surface area (Å²) in [5.41, 5.74) is 5.88. The number of hydrogen-bond donors (Lipinski definition) is 2. The summed E-state index contributed by atoms with van der Waals surface area (Å²) in [6.45, 7) is 5.98. The van der Waals surface area contributed by atoms with Gasteiger partial charge >= 0.3 is 5.76 Å². The molecule has 1 saturated carbocycles. The first-order chi connectivity index (χ1) is 23.1. The number of hydrogen-bond acceptors (Lipinski definition) is 7. The molecule has 2 N–H and O–H groups in total. The van der Waals surface area contributed by atoms with Gasteiger partial charge in [0.1, 0.15) is 11.6 Å². The Balaban J connectivity index is 1.25. The van der Waals surface area contributed by atoms with Crippen LogP contribution in [0.2, 0.25) is 0 Å². The molecule has 0 aliphatic heterocycles. The molecule has 0 saturated heterocycles. The van der Waals surface area contributed by atoms with E-state index in [1.807, 2.05) is 86.6 Å². The van der Waals surface area contributed by atoms with Crippen molar-refractivity contribution in [2.24, 2.45) is 5.92 Å². The number of aliphatic hydroxyl groups is 1. The fraction of sp³-hybridized carbons (Fsp3) is 0.368. The summed E-state index contributed by atoms with van der Waals surface area (Å²) in [7, 11) is 2.56. The molecule has 1 fully saturated rings. The molecular weight excluding hydrogens is 623 g/mol. The Bertz CT molecular complexity index is 1960. The van der Waals surface area contributed by atoms with E-state index < -0.39 is 11.1 Å². The third kappa shape index (κ3) is 7.38. The largest absolute Gasteiger partial charge is 0.490 e. The molecule has 48 heavy (non-hydrogen) atoms. The molecule has 0 radical (unpaired) electrons. The normalized spacial score (nSPS) is 17.6. The van der Waals surface area contributed by atoms with E-state index in [-0.39, 0.29) is 17.6 Å². The molecule has 250 valence electrons. The second kappa shape index (κ2) is 14.4. The van der Waals surface area contributed by atoms with Gasteiger partial charge in [-0.25, -0.2) is 9.78 Å². The topological polar surface area (TPSA) is 123 Å². The van der Waals surface area contributed by atoms with E-state index in [2.05, 4.69) is 26.3 Å². The Labute approximate surface area is 282 Å². The lowest BCUT2D eigenvalue weighted by Crippen LogP contribution is -2.34. The number of H-pyrrole nitrogens is 1. The highest BCUT2D eigenvalue weighted by Crippen LogP contribution is 2.37. The average molecular weight is 667 g/mol. The van der Waals surface area contributed by atoms with E-state index in [9.17, 15) is 14.7 Å². The quantitative estimate of drug-likeness (QED) is 0.148. The molecule has 10 heteroatoms. The Hall–Kier alpha value is -4.33. The summed E-state index contributed by atoms with van der Waals surface area (Å²) in [5, 5.41) is 13.5. The van der Waals surface area contributed by atoms with E-state index >= 15 is 0 Å². The number of aromatic amines is 1. The van der Waals surface area contributed by atoms with Crippen molar-refractivity contribution < 1.29 is 14.4 Å². The first kappa shape index (κ1) is 33.6. The molecular formula is C38H43N4O5P. The van der Waals surface area contributed by atoms with Crippen LogP contribution in [0.4, 0.5) is 0 Å². The zero-order chi connectivity index (χ0) is 33.8. The lowest BCUT2D eigenvalue weighted by molar-refractivity contribution is 0.0377. The standard InChI is InChI=1S/C38H43N4O5P/c1-4-8-33-32(23-24-11-13-25(14-12-24)30-9-6-7-10-31(30)35-40-37(44)47-41-35)36(43)42(34(5-2)39-33)27-17-21-29(22-18-27)46-28-19-15-26(16-20-28)38(3,45)48/h6-7,9-14,17-18,21-22,26,28,45H,4-5,8,15-16,19-20,23,48H2,1-3H3,(H,40,41,44). The van der Waals surface area contributed by atoms with E-state index in [4.69, 9.17) is 14.2 Å². The zero-order valence-electron chi connectivity index (χ0n) is 27.7. The van der Waals surface area contributed by atoms with E-state index in [0.29, 0.717) is 24.2 Å². The molecule has 1 aliphatic rings. The fourth-order valence-electron chi connectivity index (χ4n) is 6.70. The van der Waals surface area contributed by atoms with Crippen LogP contribution in [0.25, 0.3) is 28.2 Å². The fourth-order valence-corrected chi connectivity index (χ4v) is 7.03. The lowest BCUT2D eigenvalue weighted by atomic mass is 9.84. The molecule has 5 aromatic rings. The highest BCUT2D eigenvalue weighted by atomic mass is 31.0. The predicted molar refractivity (Wildman–Crippen MR) is 191 cm³/mol. The average Bonchev–Trinajstić information content (AvgIpc) is 3.53.